The van der Waals surface area contributed by atoms with Crippen LogP contribution in [0, 0.1) is 0 Å². The number of ether oxygens (including phenoxy) is 1. The van der Waals surface area contributed by atoms with Gasteiger partial charge in [0.05, 0.1) is 12.6 Å². The Morgan fingerprint density at radius 2 is 1.95 bits per heavy atom. The van der Waals surface area contributed by atoms with Gasteiger partial charge in [0.15, 0.2) is 0 Å². The van der Waals surface area contributed by atoms with E-state index in [0.717, 1.165) is 22.4 Å². The van der Waals surface area contributed by atoms with Crippen LogP contribution in [0.4, 0.5) is 0 Å². The van der Waals surface area contributed by atoms with Crippen LogP contribution in [0.3, 0.4) is 0 Å². The van der Waals surface area contributed by atoms with Gasteiger partial charge in [-0.3, -0.25) is 9.78 Å². The number of benzene rings is 1. The number of hydrogen-bond donors (Lipinski definition) is 1. The van der Waals surface area contributed by atoms with Gasteiger partial charge in [-0.05, 0) is 18.2 Å². The van der Waals surface area contributed by atoms with Gasteiger partial charge < -0.3 is 9.72 Å². The summed E-state index contributed by atoms with van der Waals surface area (Å²) in [6.45, 7) is 0. The number of nitrogens with one attached hydrogen (secondary N) is 1. The summed E-state index contributed by atoms with van der Waals surface area (Å²) in [5, 5.41) is 1.95. The van der Waals surface area contributed by atoms with Crippen molar-refractivity contribution in [2.75, 3.05) is 7.11 Å². The van der Waals surface area contributed by atoms with E-state index in [1.54, 1.807) is 6.20 Å². The van der Waals surface area contributed by atoms with Gasteiger partial charge >= 0.3 is 5.97 Å². The van der Waals surface area contributed by atoms with Crippen molar-refractivity contribution in [1.82, 2.24) is 9.97 Å². The Bertz CT molecular complexity index is 877. The van der Waals surface area contributed by atoms with Crippen LogP contribution in [-0.4, -0.2) is 28.8 Å². The molecule has 0 atom stereocenters. The van der Waals surface area contributed by atoms with Gasteiger partial charge in [0, 0.05) is 28.6 Å². The molecule has 21 heavy (non-hydrogen) atoms. The Kier molecular flexibility index (Phi) is 3.23. The second kappa shape index (κ2) is 5.20. The Hall–Kier alpha value is -2.95. The molecule has 0 aliphatic carbocycles. The average Bonchev–Trinajstić information content (AvgIpc) is 2.90. The molecule has 3 aromatic rings. The van der Waals surface area contributed by atoms with Crippen LogP contribution in [0.25, 0.3) is 21.8 Å². The molecule has 3 rings (SSSR count). The lowest BCUT2D eigenvalue weighted by Gasteiger charge is -1.97. The maximum absolute atomic E-state index is 12.2. The van der Waals surface area contributed by atoms with Gasteiger partial charge in [0.1, 0.15) is 5.69 Å². The molecular weight excluding hydrogens is 268 g/mol. The standard InChI is InChI=1S/C16H12N2O3/c1-21-14(20)7-6-13(19)16-15-11(8-9-17-16)10-4-2-3-5-12(10)18-15/h2-9,18H,1H3/b7-6+. The molecule has 0 aliphatic heterocycles. The SMILES string of the molecule is COC(=O)/C=C/C(=O)c1nccc2c1[nH]c1ccccc12. The summed E-state index contributed by atoms with van der Waals surface area (Å²) < 4.78 is 4.47. The minimum atomic E-state index is -0.577. The first-order chi connectivity index (χ1) is 10.2. The maximum Gasteiger partial charge on any atom is 0.330 e. The third kappa shape index (κ3) is 2.29. The second-order valence-electron chi connectivity index (χ2n) is 4.47. The molecule has 0 aliphatic rings. The van der Waals surface area contributed by atoms with E-state index in [4.69, 9.17) is 0 Å². The fourth-order valence-corrected chi connectivity index (χ4v) is 2.25. The first kappa shape index (κ1) is 13.1. The number of H-pyrrole nitrogens is 1. The minimum Gasteiger partial charge on any atom is -0.466 e. The van der Waals surface area contributed by atoms with Crippen LogP contribution in [0.15, 0.2) is 48.7 Å². The quantitative estimate of drug-likeness (QED) is 0.455. The van der Waals surface area contributed by atoms with Crippen molar-refractivity contribution in [3.05, 3.63) is 54.4 Å². The third-order valence-electron chi connectivity index (χ3n) is 3.23. The second-order valence-corrected chi connectivity index (χ2v) is 4.47. The molecule has 2 heterocycles. The molecule has 5 heteroatoms. The van der Waals surface area contributed by atoms with Gasteiger partial charge in [0.25, 0.3) is 0 Å². The monoisotopic (exact) mass is 280 g/mol. The lowest BCUT2D eigenvalue weighted by Crippen LogP contribution is -2.02. The molecular formula is C16H12N2O3. The smallest absolute Gasteiger partial charge is 0.330 e. The summed E-state index contributed by atoms with van der Waals surface area (Å²) in [5.41, 5.74) is 1.88. The van der Waals surface area contributed by atoms with Crippen LogP contribution in [0.5, 0.6) is 0 Å². The predicted octanol–water partition coefficient (Wildman–Crippen LogP) is 2.63. The topological polar surface area (TPSA) is 72.1 Å². The van der Waals surface area contributed by atoms with Crippen molar-refractivity contribution in [3.63, 3.8) is 0 Å². The number of methoxy groups -OCH3 is 1. The van der Waals surface area contributed by atoms with Crippen molar-refractivity contribution < 1.29 is 14.3 Å². The fourth-order valence-electron chi connectivity index (χ4n) is 2.25. The number of allylic oxidation sites excluding steroid dienone is 1. The zero-order valence-corrected chi connectivity index (χ0v) is 11.3. The van der Waals surface area contributed by atoms with Crippen LogP contribution in [-0.2, 0) is 9.53 Å². The summed E-state index contributed by atoms with van der Waals surface area (Å²) in [6.07, 6.45) is 3.84. The number of nitrogens with zero attached hydrogens (tertiary/aromatic N) is 1. The van der Waals surface area contributed by atoms with Crippen molar-refractivity contribution in [2.45, 2.75) is 0 Å². The third-order valence-corrected chi connectivity index (χ3v) is 3.23. The minimum absolute atomic E-state index is 0.281. The molecule has 104 valence electrons. The van der Waals surface area contributed by atoms with E-state index in [-0.39, 0.29) is 11.5 Å². The number of ketones is 1. The van der Waals surface area contributed by atoms with Crippen LogP contribution >= 0.6 is 0 Å². The van der Waals surface area contributed by atoms with Crippen molar-refractivity contribution in [3.8, 4) is 0 Å². The van der Waals surface area contributed by atoms with Crippen molar-refractivity contribution >= 4 is 33.6 Å². The molecule has 0 saturated carbocycles. The molecule has 0 amide bonds. The number of rotatable bonds is 3. The molecule has 0 saturated heterocycles. The summed E-state index contributed by atoms with van der Waals surface area (Å²) >= 11 is 0. The van der Waals surface area contributed by atoms with Crippen molar-refractivity contribution in [2.24, 2.45) is 0 Å². The maximum atomic E-state index is 12.2. The molecule has 0 fully saturated rings. The zero-order chi connectivity index (χ0) is 14.8. The summed E-state index contributed by atoms with van der Waals surface area (Å²) in [6, 6.07) is 9.63. The van der Waals surface area contributed by atoms with Gasteiger partial charge in [-0.1, -0.05) is 18.2 Å². The first-order valence-electron chi connectivity index (χ1n) is 6.36. The van der Waals surface area contributed by atoms with Crippen LogP contribution < -0.4 is 0 Å². The molecule has 0 radical (unpaired) electrons. The Morgan fingerprint density at radius 3 is 2.76 bits per heavy atom. The van der Waals surface area contributed by atoms with E-state index in [1.807, 2.05) is 30.3 Å². The Labute approximate surface area is 120 Å². The molecule has 1 aromatic carbocycles. The molecule has 2 aromatic heterocycles. The summed E-state index contributed by atoms with van der Waals surface area (Å²) in [7, 11) is 1.26. The van der Waals surface area contributed by atoms with Gasteiger partial charge in [-0.25, -0.2) is 4.79 Å². The number of hydrogen-bond acceptors (Lipinski definition) is 4. The number of esters is 1. The molecule has 1 N–H and O–H groups in total. The molecule has 0 spiro atoms. The van der Waals surface area contributed by atoms with E-state index in [2.05, 4.69) is 14.7 Å². The molecule has 0 bridgehead atoms. The highest BCUT2D eigenvalue weighted by molar-refractivity contribution is 6.17. The number of carbonyl (C=O) groups is 2. The zero-order valence-electron chi connectivity index (χ0n) is 11.3. The molecule has 0 unspecified atom stereocenters. The predicted molar refractivity (Wildman–Crippen MR) is 79.1 cm³/mol. The Morgan fingerprint density at radius 1 is 1.14 bits per heavy atom. The number of fused-ring (bicyclic) bond motifs is 3. The lowest BCUT2D eigenvalue weighted by molar-refractivity contribution is -0.134. The normalized spacial score (nSPS) is 11.3. The van der Waals surface area contributed by atoms with Gasteiger partial charge in [0.2, 0.25) is 5.78 Å². The van der Waals surface area contributed by atoms with E-state index in [0.29, 0.717) is 5.52 Å². The van der Waals surface area contributed by atoms with Crippen molar-refractivity contribution in [1.29, 1.82) is 0 Å². The van der Waals surface area contributed by atoms with Gasteiger partial charge in [-0.15, -0.1) is 0 Å². The number of aromatic amines is 1. The Balaban J connectivity index is 2.13. The fraction of sp³-hybridized carbons (Fsp3) is 0.0625. The van der Waals surface area contributed by atoms with E-state index < -0.39 is 5.97 Å². The molecule has 5 nitrogen and oxygen atoms in total. The number of carbonyl (C=O) groups excluding carboxylic acids is 2. The highest BCUT2D eigenvalue weighted by Gasteiger charge is 2.13. The highest BCUT2D eigenvalue weighted by Crippen LogP contribution is 2.26. The van der Waals surface area contributed by atoms with E-state index >= 15 is 0 Å². The van der Waals surface area contributed by atoms with E-state index in [1.165, 1.54) is 13.2 Å². The number of para-hydroxylation sites is 1. The average molecular weight is 280 g/mol. The largest absolute Gasteiger partial charge is 0.466 e. The first-order valence-corrected chi connectivity index (χ1v) is 6.36. The summed E-state index contributed by atoms with van der Waals surface area (Å²) in [4.78, 5) is 30.6. The van der Waals surface area contributed by atoms with Gasteiger partial charge in [-0.2, -0.15) is 0 Å². The van der Waals surface area contributed by atoms with E-state index in [9.17, 15) is 9.59 Å². The number of aromatic nitrogens is 2. The summed E-state index contributed by atoms with van der Waals surface area (Å²) in [5.74, 6) is -0.926. The lowest BCUT2D eigenvalue weighted by atomic mass is 10.1. The highest BCUT2D eigenvalue weighted by atomic mass is 16.5. The van der Waals surface area contributed by atoms with Crippen LogP contribution in [0.1, 0.15) is 10.5 Å². The van der Waals surface area contributed by atoms with Crippen LogP contribution in [0.2, 0.25) is 0 Å². The number of pyridine rings is 1.